The third-order valence-corrected chi connectivity index (χ3v) is 8.36. The zero-order valence-corrected chi connectivity index (χ0v) is 23.0. The Balaban J connectivity index is 1.56. The van der Waals surface area contributed by atoms with Crippen molar-refractivity contribution < 1.29 is 33.7 Å². The molecular weight excluding hydrogens is 530 g/mol. The number of carbonyl (C=O) groups is 3. The monoisotopic (exact) mass is 559 g/mol. The summed E-state index contributed by atoms with van der Waals surface area (Å²) < 4.78 is 19.4. The molecule has 2 amide bonds. The topological polar surface area (TPSA) is 128 Å². The average molecular weight is 560 g/mol. The molecule has 0 saturated heterocycles. The number of benzene rings is 2. The summed E-state index contributed by atoms with van der Waals surface area (Å²) in [6.45, 7) is 0.953. The number of rotatable bonds is 7. The van der Waals surface area contributed by atoms with E-state index < -0.39 is 47.4 Å². The van der Waals surface area contributed by atoms with Gasteiger partial charge in [0.1, 0.15) is 23.9 Å². The molecule has 3 atom stereocenters. The molecule has 0 spiro atoms. The number of ether oxygens (including phenoxy) is 3. The number of aromatic nitrogens is 1. The van der Waals surface area contributed by atoms with Crippen LogP contribution in [-0.2, 0) is 11.3 Å². The van der Waals surface area contributed by atoms with Crippen LogP contribution >= 0.6 is 0 Å². The van der Waals surface area contributed by atoms with Crippen LogP contribution in [0.5, 0.6) is 11.5 Å². The minimum atomic E-state index is -1.37. The van der Waals surface area contributed by atoms with Gasteiger partial charge in [-0.15, -0.1) is 0 Å². The SMILES string of the molecule is COc1ccc(COCC23Oc4ccccc4[C@H]([C@H]2CO)n2c(c4c(c(C(C)=O)c2=O)C(=O)N(C)C4=O)N3C)cc1. The summed E-state index contributed by atoms with van der Waals surface area (Å²) in [6.07, 6.45) is 0. The Morgan fingerprint density at radius 2 is 1.71 bits per heavy atom. The van der Waals surface area contributed by atoms with Gasteiger partial charge in [-0.3, -0.25) is 28.6 Å². The number of Topliss-reactive ketones (excluding diaryl/α,β-unsaturated/α-hetero) is 1. The van der Waals surface area contributed by atoms with Crippen molar-refractivity contribution in [2.45, 2.75) is 25.3 Å². The third-order valence-electron chi connectivity index (χ3n) is 8.36. The van der Waals surface area contributed by atoms with E-state index in [1.165, 1.54) is 18.5 Å². The Morgan fingerprint density at radius 1 is 1.02 bits per heavy atom. The number of hydrogen-bond donors (Lipinski definition) is 1. The van der Waals surface area contributed by atoms with Crippen LogP contribution in [0.4, 0.5) is 5.82 Å². The summed E-state index contributed by atoms with van der Waals surface area (Å²) in [7, 11) is 4.54. The zero-order valence-electron chi connectivity index (χ0n) is 23.0. The second-order valence-electron chi connectivity index (χ2n) is 10.5. The Bertz CT molecular complexity index is 1660. The van der Waals surface area contributed by atoms with E-state index in [1.54, 1.807) is 43.3 Å². The number of amides is 2. The largest absolute Gasteiger partial charge is 0.497 e. The molecule has 3 aliphatic heterocycles. The summed E-state index contributed by atoms with van der Waals surface area (Å²) in [5.41, 5.74) is -1.20. The Kier molecular flexibility index (Phi) is 6.24. The smallest absolute Gasteiger partial charge is 0.265 e. The number of methoxy groups -OCH3 is 1. The number of imide groups is 1. The molecule has 3 aliphatic rings. The third kappa shape index (κ3) is 3.65. The number of pyridine rings is 1. The van der Waals surface area contributed by atoms with Gasteiger partial charge < -0.3 is 24.2 Å². The van der Waals surface area contributed by atoms with Gasteiger partial charge in [0, 0.05) is 19.7 Å². The van der Waals surface area contributed by atoms with Crippen LogP contribution in [0.1, 0.15) is 55.2 Å². The number of carbonyl (C=O) groups excluding carboxylic acids is 3. The molecule has 11 heteroatoms. The van der Waals surface area contributed by atoms with E-state index in [0.717, 1.165) is 10.5 Å². The van der Waals surface area contributed by atoms with E-state index in [4.69, 9.17) is 14.2 Å². The van der Waals surface area contributed by atoms with Crippen molar-refractivity contribution in [3.05, 3.63) is 86.7 Å². The Hall–Kier alpha value is -4.48. The molecule has 1 N–H and O–H groups in total. The maximum atomic E-state index is 14.1. The van der Waals surface area contributed by atoms with Crippen molar-refractivity contribution in [2.75, 3.05) is 39.3 Å². The van der Waals surface area contributed by atoms with E-state index in [-0.39, 0.29) is 35.7 Å². The van der Waals surface area contributed by atoms with E-state index in [2.05, 4.69) is 0 Å². The lowest BCUT2D eigenvalue weighted by molar-refractivity contribution is -0.112. The number of para-hydroxylation sites is 1. The van der Waals surface area contributed by atoms with Gasteiger partial charge in [-0.25, -0.2) is 0 Å². The van der Waals surface area contributed by atoms with Gasteiger partial charge in [0.25, 0.3) is 17.4 Å². The molecule has 1 unspecified atom stereocenters. The molecule has 0 saturated carbocycles. The molecule has 1 aromatic heterocycles. The summed E-state index contributed by atoms with van der Waals surface area (Å²) in [5, 5.41) is 10.8. The number of likely N-dealkylation sites (N-methyl/N-ethyl adjacent to an activating group) is 1. The first kappa shape index (κ1) is 26.7. The highest BCUT2D eigenvalue weighted by atomic mass is 16.6. The molecule has 212 valence electrons. The Labute approximate surface area is 235 Å². The number of aliphatic hydroxyl groups excluding tert-OH is 1. The first-order chi connectivity index (χ1) is 19.7. The van der Waals surface area contributed by atoms with Gasteiger partial charge in [-0.05, 0) is 30.7 Å². The predicted octanol–water partition coefficient (Wildman–Crippen LogP) is 2.24. The number of fused-ring (bicyclic) bond motifs is 8. The van der Waals surface area contributed by atoms with Crippen LogP contribution < -0.4 is 19.9 Å². The van der Waals surface area contributed by atoms with Gasteiger partial charge in [0.05, 0.1) is 49.0 Å². The Morgan fingerprint density at radius 3 is 2.37 bits per heavy atom. The summed E-state index contributed by atoms with van der Waals surface area (Å²) in [5.74, 6) is -1.40. The maximum absolute atomic E-state index is 14.1. The van der Waals surface area contributed by atoms with Crippen molar-refractivity contribution in [3.63, 3.8) is 0 Å². The number of aliphatic hydroxyl groups is 1. The zero-order chi connectivity index (χ0) is 29.2. The number of anilines is 1. The first-order valence-corrected chi connectivity index (χ1v) is 13.1. The minimum Gasteiger partial charge on any atom is -0.497 e. The van der Waals surface area contributed by atoms with E-state index in [1.807, 2.05) is 24.3 Å². The van der Waals surface area contributed by atoms with Crippen LogP contribution in [0.2, 0.25) is 0 Å². The van der Waals surface area contributed by atoms with E-state index in [0.29, 0.717) is 17.1 Å². The highest BCUT2D eigenvalue weighted by Crippen LogP contribution is 2.53. The second kappa shape index (κ2) is 9.57. The highest BCUT2D eigenvalue weighted by Gasteiger charge is 2.60. The molecule has 3 aromatic rings. The molecule has 2 bridgehead atoms. The van der Waals surface area contributed by atoms with Gasteiger partial charge in [0.15, 0.2) is 5.78 Å². The number of hydrogen-bond acceptors (Lipinski definition) is 9. The fraction of sp³-hybridized carbons (Fsp3) is 0.333. The lowest BCUT2D eigenvalue weighted by atomic mass is 9.78. The molecule has 0 radical (unpaired) electrons. The molecule has 2 aromatic carbocycles. The molecule has 11 nitrogen and oxygen atoms in total. The average Bonchev–Trinajstić information content (AvgIpc) is 3.18. The lowest BCUT2D eigenvalue weighted by Gasteiger charge is -2.57. The summed E-state index contributed by atoms with van der Waals surface area (Å²) in [6, 6.07) is 13.7. The van der Waals surface area contributed by atoms with Crippen LogP contribution in [0.15, 0.2) is 53.3 Å². The molecule has 6 rings (SSSR count). The molecule has 41 heavy (non-hydrogen) atoms. The summed E-state index contributed by atoms with van der Waals surface area (Å²) >= 11 is 0. The predicted molar refractivity (Wildman–Crippen MR) is 147 cm³/mol. The van der Waals surface area contributed by atoms with Crippen molar-refractivity contribution in [2.24, 2.45) is 5.92 Å². The standard InChI is InChI=1S/C30H29N3O8/c1-16(35)22-23-24(28(37)31(2)27(23)36)26-32(3)30(15-40-14-17-9-11-18(39-4)12-10-17)20(13-34)25(33(26)29(22)38)19-7-5-6-8-21(19)41-30/h5-12,20,25,34H,13-15H2,1-4H3/t20-,25-,30?/m1/s1. The number of ketones is 1. The highest BCUT2D eigenvalue weighted by molar-refractivity contribution is 6.26. The van der Waals surface area contributed by atoms with Crippen molar-refractivity contribution in [1.29, 1.82) is 0 Å². The number of nitrogens with zero attached hydrogens (tertiary/aromatic N) is 3. The quantitative estimate of drug-likeness (QED) is 0.342. The molecule has 0 fully saturated rings. The molecular formula is C30H29N3O8. The van der Waals surface area contributed by atoms with Gasteiger partial charge in [-0.1, -0.05) is 30.3 Å². The van der Waals surface area contributed by atoms with Crippen molar-refractivity contribution in [1.82, 2.24) is 9.47 Å². The fourth-order valence-electron chi connectivity index (χ4n) is 6.31. The van der Waals surface area contributed by atoms with Gasteiger partial charge in [-0.2, -0.15) is 0 Å². The van der Waals surface area contributed by atoms with E-state index >= 15 is 0 Å². The van der Waals surface area contributed by atoms with Crippen molar-refractivity contribution in [3.8, 4) is 11.5 Å². The van der Waals surface area contributed by atoms with Gasteiger partial charge in [0.2, 0.25) is 5.72 Å². The van der Waals surface area contributed by atoms with Gasteiger partial charge >= 0.3 is 0 Å². The first-order valence-electron chi connectivity index (χ1n) is 13.1. The normalized spacial score (nSPS) is 22.2. The van der Waals surface area contributed by atoms with Crippen LogP contribution in [0, 0.1) is 5.92 Å². The van der Waals surface area contributed by atoms with Crippen molar-refractivity contribution >= 4 is 23.4 Å². The minimum absolute atomic E-state index is 0.0475. The lowest BCUT2D eigenvalue weighted by Crippen LogP contribution is -2.69. The maximum Gasteiger partial charge on any atom is 0.265 e. The van der Waals surface area contributed by atoms with Crippen LogP contribution in [0.25, 0.3) is 0 Å². The molecule has 4 heterocycles. The van der Waals surface area contributed by atoms with Crippen LogP contribution in [-0.4, -0.2) is 72.3 Å². The van der Waals surface area contributed by atoms with E-state index in [9.17, 15) is 24.3 Å². The summed E-state index contributed by atoms with van der Waals surface area (Å²) in [4.78, 5) is 56.1. The second-order valence-corrected chi connectivity index (χ2v) is 10.5. The fourth-order valence-corrected chi connectivity index (χ4v) is 6.31. The molecule has 0 aliphatic carbocycles. The van der Waals surface area contributed by atoms with Crippen LogP contribution in [0.3, 0.4) is 0 Å².